The Morgan fingerprint density at radius 1 is 1.52 bits per heavy atom. The highest BCUT2D eigenvalue weighted by Gasteiger charge is 2.32. The molecule has 0 fully saturated rings. The van der Waals surface area contributed by atoms with Crippen molar-refractivity contribution in [2.24, 2.45) is 5.16 Å². The summed E-state index contributed by atoms with van der Waals surface area (Å²) in [5.74, 6) is -2.04. The molecule has 112 valence electrons. The Morgan fingerprint density at radius 2 is 2.24 bits per heavy atom. The maximum Gasteiger partial charge on any atom is 0.353 e. The number of carboxylic acids is 1. The van der Waals surface area contributed by atoms with Gasteiger partial charge in [-0.15, -0.1) is 0 Å². The van der Waals surface area contributed by atoms with Gasteiger partial charge in [-0.05, 0) is 31.0 Å². The summed E-state index contributed by atoms with van der Waals surface area (Å²) < 4.78 is 13.5. The Balaban J connectivity index is 1.97. The molecule has 7 heteroatoms. The van der Waals surface area contributed by atoms with Crippen LogP contribution < -0.4 is 5.32 Å². The minimum atomic E-state index is -1.21. The third kappa shape index (κ3) is 3.36. The van der Waals surface area contributed by atoms with Crippen molar-refractivity contribution in [1.82, 2.24) is 5.32 Å². The first-order valence-corrected chi connectivity index (χ1v) is 6.41. The zero-order valence-corrected chi connectivity index (χ0v) is 11.6. The highest BCUT2D eigenvalue weighted by atomic mass is 19.1. The summed E-state index contributed by atoms with van der Waals surface area (Å²) in [6.45, 7) is 3.36. The summed E-state index contributed by atoms with van der Waals surface area (Å²) in [5, 5.41) is 14.7. The fourth-order valence-electron chi connectivity index (χ4n) is 1.91. The molecule has 0 aliphatic carbocycles. The number of nitrogens with one attached hydrogen (secondary N) is 1. The summed E-state index contributed by atoms with van der Waals surface area (Å²) in [4.78, 5) is 27.4. The molecule has 6 nitrogen and oxygen atoms in total. The van der Waals surface area contributed by atoms with Gasteiger partial charge in [0, 0.05) is 6.42 Å². The Hall–Kier alpha value is -2.44. The van der Waals surface area contributed by atoms with Crippen molar-refractivity contribution >= 4 is 17.6 Å². The van der Waals surface area contributed by atoms with Crippen LogP contribution in [0.1, 0.15) is 30.5 Å². The molecular formula is C14H15FN2O4. The van der Waals surface area contributed by atoms with E-state index in [2.05, 4.69) is 10.5 Å². The summed E-state index contributed by atoms with van der Waals surface area (Å²) >= 11 is 0. The number of hydrogen-bond donors (Lipinski definition) is 2. The first kappa shape index (κ1) is 15.0. The number of halogens is 1. The van der Waals surface area contributed by atoms with E-state index in [0.717, 1.165) is 0 Å². The van der Waals surface area contributed by atoms with Crippen molar-refractivity contribution in [1.29, 1.82) is 0 Å². The lowest BCUT2D eigenvalue weighted by atomic mass is 10.1. The van der Waals surface area contributed by atoms with Crippen LogP contribution in [0.3, 0.4) is 0 Å². The largest absolute Gasteiger partial charge is 0.477 e. The van der Waals surface area contributed by atoms with Crippen molar-refractivity contribution in [2.45, 2.75) is 32.4 Å². The van der Waals surface area contributed by atoms with E-state index in [1.54, 1.807) is 26.0 Å². The number of hydrogen-bond acceptors (Lipinski definition) is 4. The Morgan fingerprint density at radius 3 is 2.81 bits per heavy atom. The van der Waals surface area contributed by atoms with Gasteiger partial charge in [0.15, 0.2) is 5.71 Å². The summed E-state index contributed by atoms with van der Waals surface area (Å²) in [5.41, 5.74) is 0.948. The molecule has 2 rings (SSSR count). The monoisotopic (exact) mass is 294 g/mol. The molecule has 2 unspecified atom stereocenters. The normalized spacial score (nSPS) is 18.6. The van der Waals surface area contributed by atoms with Gasteiger partial charge in [0.2, 0.25) is 6.10 Å². The van der Waals surface area contributed by atoms with Crippen molar-refractivity contribution in [2.75, 3.05) is 0 Å². The smallest absolute Gasteiger partial charge is 0.353 e. The molecule has 21 heavy (non-hydrogen) atoms. The van der Waals surface area contributed by atoms with Gasteiger partial charge >= 0.3 is 5.97 Å². The number of carbonyl (C=O) groups excluding carboxylic acids is 1. The zero-order chi connectivity index (χ0) is 15.6. The molecule has 2 atom stereocenters. The van der Waals surface area contributed by atoms with E-state index >= 15 is 0 Å². The van der Waals surface area contributed by atoms with Gasteiger partial charge in [0.25, 0.3) is 5.91 Å². The van der Waals surface area contributed by atoms with Crippen LogP contribution >= 0.6 is 0 Å². The molecule has 1 aliphatic rings. The third-order valence-electron chi connectivity index (χ3n) is 3.26. The maximum absolute atomic E-state index is 13.5. The Kier molecular flexibility index (Phi) is 4.21. The first-order chi connectivity index (χ1) is 9.88. The minimum Gasteiger partial charge on any atom is -0.477 e. The van der Waals surface area contributed by atoms with E-state index in [9.17, 15) is 14.0 Å². The number of carboxylic acid groups (broad SMARTS) is 1. The second-order valence-electron chi connectivity index (χ2n) is 4.88. The minimum absolute atomic E-state index is 0.0872. The summed E-state index contributed by atoms with van der Waals surface area (Å²) in [6, 6.07) is 4.28. The van der Waals surface area contributed by atoms with Crippen LogP contribution in [-0.4, -0.2) is 28.8 Å². The third-order valence-corrected chi connectivity index (χ3v) is 3.26. The molecule has 1 aliphatic heterocycles. The van der Waals surface area contributed by atoms with Gasteiger partial charge in [0.05, 0.1) is 6.04 Å². The van der Waals surface area contributed by atoms with Crippen LogP contribution in [0.2, 0.25) is 0 Å². The van der Waals surface area contributed by atoms with Crippen molar-refractivity contribution in [3.8, 4) is 0 Å². The fourth-order valence-corrected chi connectivity index (χ4v) is 1.91. The highest BCUT2D eigenvalue weighted by molar-refractivity contribution is 6.36. The van der Waals surface area contributed by atoms with E-state index < -0.39 is 24.0 Å². The van der Waals surface area contributed by atoms with Gasteiger partial charge in [0.1, 0.15) is 5.82 Å². The molecular weight excluding hydrogens is 279 g/mol. The van der Waals surface area contributed by atoms with Crippen molar-refractivity contribution < 1.29 is 23.9 Å². The van der Waals surface area contributed by atoms with Gasteiger partial charge in [-0.25, -0.2) is 9.18 Å². The van der Waals surface area contributed by atoms with Crippen LogP contribution in [-0.2, 0) is 14.4 Å². The number of oxime groups is 1. The number of carbonyl (C=O) groups is 2. The number of nitrogens with zero attached hydrogens (tertiary/aromatic N) is 1. The molecule has 0 saturated carbocycles. The van der Waals surface area contributed by atoms with E-state index in [-0.39, 0.29) is 17.9 Å². The van der Waals surface area contributed by atoms with Crippen LogP contribution in [0.15, 0.2) is 23.4 Å². The van der Waals surface area contributed by atoms with E-state index in [0.29, 0.717) is 11.1 Å². The fraction of sp³-hybridized carbons (Fsp3) is 0.357. The van der Waals surface area contributed by atoms with Gasteiger partial charge in [-0.3, -0.25) is 4.79 Å². The zero-order valence-electron chi connectivity index (χ0n) is 11.6. The highest BCUT2D eigenvalue weighted by Crippen LogP contribution is 2.18. The second-order valence-corrected chi connectivity index (χ2v) is 4.88. The number of aryl methyl sites for hydroxylation is 1. The lowest BCUT2D eigenvalue weighted by Crippen LogP contribution is -2.36. The number of aliphatic carboxylic acids is 1. The lowest BCUT2D eigenvalue weighted by Gasteiger charge is -2.17. The van der Waals surface area contributed by atoms with Gasteiger partial charge in [-0.2, -0.15) is 0 Å². The van der Waals surface area contributed by atoms with Gasteiger partial charge in [-0.1, -0.05) is 17.3 Å². The molecule has 1 aromatic rings. The molecule has 0 saturated heterocycles. The molecule has 0 aromatic heterocycles. The Labute approximate surface area is 120 Å². The molecule has 1 aromatic carbocycles. The van der Waals surface area contributed by atoms with Crippen molar-refractivity contribution in [3.63, 3.8) is 0 Å². The van der Waals surface area contributed by atoms with Crippen molar-refractivity contribution in [3.05, 3.63) is 35.1 Å². The first-order valence-electron chi connectivity index (χ1n) is 6.41. The molecule has 2 N–H and O–H groups in total. The van der Waals surface area contributed by atoms with Crippen LogP contribution in [0.5, 0.6) is 0 Å². The molecule has 0 bridgehead atoms. The molecule has 1 amide bonds. The number of rotatable bonds is 4. The van der Waals surface area contributed by atoms with E-state index in [1.165, 1.54) is 6.07 Å². The SMILES string of the molecule is Cc1ccc(C(C)NC(=O)C2CC(C(=O)O)=NO2)cc1F. The number of benzene rings is 1. The molecule has 0 radical (unpaired) electrons. The van der Waals surface area contributed by atoms with E-state index in [4.69, 9.17) is 9.94 Å². The number of amides is 1. The molecule has 0 spiro atoms. The standard InChI is InChI=1S/C14H15FN2O4/c1-7-3-4-9(5-10(7)15)8(2)16-13(18)12-6-11(14(19)20)17-21-12/h3-5,8,12H,6H2,1-2H3,(H,16,18)(H,19,20). The van der Waals surface area contributed by atoms with Crippen LogP contribution in [0.25, 0.3) is 0 Å². The Bertz CT molecular complexity index is 615. The summed E-state index contributed by atoms with van der Waals surface area (Å²) in [7, 11) is 0. The second kappa shape index (κ2) is 5.90. The van der Waals surface area contributed by atoms with Crippen LogP contribution in [0, 0.1) is 12.7 Å². The predicted octanol–water partition coefficient (Wildman–Crippen LogP) is 1.54. The quantitative estimate of drug-likeness (QED) is 0.881. The predicted molar refractivity (Wildman–Crippen MR) is 72.3 cm³/mol. The van der Waals surface area contributed by atoms with Gasteiger partial charge < -0.3 is 15.3 Å². The topological polar surface area (TPSA) is 88.0 Å². The molecule has 1 heterocycles. The van der Waals surface area contributed by atoms with Crippen LogP contribution in [0.4, 0.5) is 4.39 Å². The summed E-state index contributed by atoms with van der Waals surface area (Å²) in [6.07, 6.45) is -1.05. The average molecular weight is 294 g/mol. The van der Waals surface area contributed by atoms with E-state index in [1.807, 2.05) is 0 Å². The average Bonchev–Trinajstić information content (AvgIpc) is 2.91. The maximum atomic E-state index is 13.5. The lowest BCUT2D eigenvalue weighted by molar-refractivity contribution is -0.132.